The lowest BCUT2D eigenvalue weighted by Gasteiger charge is -2.27. The van der Waals surface area contributed by atoms with Gasteiger partial charge in [-0.05, 0) is 61.7 Å². The van der Waals surface area contributed by atoms with Crippen molar-refractivity contribution in [2.45, 2.75) is 44.4 Å². The third-order valence-electron chi connectivity index (χ3n) is 6.55. The van der Waals surface area contributed by atoms with Crippen LogP contribution in [0.3, 0.4) is 0 Å². The van der Waals surface area contributed by atoms with Crippen molar-refractivity contribution in [3.05, 3.63) is 70.2 Å². The highest BCUT2D eigenvalue weighted by Crippen LogP contribution is 2.46. The fraction of sp³-hybridized carbons (Fsp3) is 0.385. The predicted octanol–water partition coefficient (Wildman–Crippen LogP) is 3.45. The molecule has 0 radical (unpaired) electrons. The number of carbonyl (C=O) groups is 2. The van der Waals surface area contributed by atoms with E-state index in [9.17, 15) is 14.7 Å². The Kier molecular flexibility index (Phi) is 7.52. The maximum Gasteiger partial charge on any atom is 0.264 e. The van der Waals surface area contributed by atoms with E-state index in [4.69, 9.17) is 5.11 Å². The second kappa shape index (κ2) is 10.4. The third-order valence-corrected chi connectivity index (χ3v) is 7.04. The Morgan fingerprint density at radius 2 is 2.09 bits per heavy atom. The number of hydrogen-bond acceptors (Lipinski definition) is 5. The molecule has 3 atom stereocenters. The van der Waals surface area contributed by atoms with Crippen molar-refractivity contribution >= 4 is 39.1 Å². The first-order valence-electron chi connectivity index (χ1n) is 11.6. The standard InChI is InChI=1S/C26H30BrN3O4/c1-17(5-2-3-14-31)26(34)21-15-19(27)9-12-23(21)30(25(26)33)16-18-7-10-20(11-8-18)29-24(32)22-6-4-13-28-22/h2,5,7-12,15,17,22,28,31,34H,3-4,6,13-14,16H2,1H3,(H,29,32)/b5-2+/t17-,22+,26+/m0/s1. The molecule has 0 aromatic heterocycles. The number of fused-ring (bicyclic) bond motifs is 1. The second-order valence-corrected chi connectivity index (χ2v) is 9.80. The van der Waals surface area contributed by atoms with Crippen molar-refractivity contribution in [2.75, 3.05) is 23.4 Å². The molecular weight excluding hydrogens is 498 g/mol. The van der Waals surface area contributed by atoms with Crippen molar-refractivity contribution in [1.82, 2.24) is 5.32 Å². The highest BCUT2D eigenvalue weighted by molar-refractivity contribution is 9.10. The lowest BCUT2D eigenvalue weighted by atomic mass is 9.83. The number of carbonyl (C=O) groups excluding carboxylic acids is 2. The quantitative estimate of drug-likeness (QED) is 0.394. The van der Waals surface area contributed by atoms with Crippen LogP contribution in [0.2, 0.25) is 0 Å². The number of halogens is 1. The fourth-order valence-electron chi connectivity index (χ4n) is 4.60. The Morgan fingerprint density at radius 1 is 1.32 bits per heavy atom. The van der Waals surface area contributed by atoms with Gasteiger partial charge in [-0.3, -0.25) is 9.59 Å². The van der Waals surface area contributed by atoms with E-state index in [0.29, 0.717) is 29.9 Å². The van der Waals surface area contributed by atoms with Crippen LogP contribution >= 0.6 is 15.9 Å². The van der Waals surface area contributed by atoms with Crippen molar-refractivity contribution in [1.29, 1.82) is 0 Å². The molecule has 1 fully saturated rings. The molecule has 4 N–H and O–H groups in total. The van der Waals surface area contributed by atoms with Gasteiger partial charge >= 0.3 is 0 Å². The summed E-state index contributed by atoms with van der Waals surface area (Å²) in [7, 11) is 0. The highest BCUT2D eigenvalue weighted by atomic mass is 79.9. The molecule has 2 aliphatic rings. The van der Waals surface area contributed by atoms with Crippen LogP contribution in [0.15, 0.2) is 59.1 Å². The lowest BCUT2D eigenvalue weighted by molar-refractivity contribution is -0.139. The lowest BCUT2D eigenvalue weighted by Crippen LogP contribution is -2.44. The van der Waals surface area contributed by atoms with Gasteiger partial charge in [0.05, 0.1) is 18.3 Å². The molecule has 1 saturated heterocycles. The van der Waals surface area contributed by atoms with Crippen LogP contribution in [0.25, 0.3) is 0 Å². The van der Waals surface area contributed by atoms with Gasteiger partial charge in [-0.1, -0.05) is 47.1 Å². The summed E-state index contributed by atoms with van der Waals surface area (Å²) in [5.74, 6) is -0.898. The largest absolute Gasteiger partial charge is 0.396 e. The van der Waals surface area contributed by atoms with E-state index < -0.39 is 11.5 Å². The fourth-order valence-corrected chi connectivity index (χ4v) is 4.97. The van der Waals surface area contributed by atoms with E-state index in [1.165, 1.54) is 0 Å². The Balaban J connectivity index is 1.54. The predicted molar refractivity (Wildman–Crippen MR) is 135 cm³/mol. The molecule has 2 aliphatic heterocycles. The summed E-state index contributed by atoms with van der Waals surface area (Å²) in [6.45, 7) is 2.97. The minimum Gasteiger partial charge on any atom is -0.396 e. The van der Waals surface area contributed by atoms with Crippen LogP contribution < -0.4 is 15.5 Å². The molecule has 4 rings (SSSR count). The molecule has 0 spiro atoms. The second-order valence-electron chi connectivity index (χ2n) is 8.88. The van der Waals surface area contributed by atoms with Crippen LogP contribution in [-0.4, -0.2) is 41.2 Å². The molecule has 2 aromatic carbocycles. The van der Waals surface area contributed by atoms with Crippen molar-refractivity contribution in [3.63, 3.8) is 0 Å². The molecular formula is C26H30BrN3O4. The van der Waals surface area contributed by atoms with Crippen LogP contribution in [-0.2, 0) is 21.7 Å². The molecule has 0 unspecified atom stereocenters. The summed E-state index contributed by atoms with van der Waals surface area (Å²) < 4.78 is 0.780. The van der Waals surface area contributed by atoms with Gasteiger partial charge in [0, 0.05) is 28.2 Å². The Morgan fingerprint density at radius 3 is 2.76 bits per heavy atom. The van der Waals surface area contributed by atoms with Crippen LogP contribution in [0.1, 0.15) is 37.3 Å². The van der Waals surface area contributed by atoms with Crippen LogP contribution in [0.5, 0.6) is 0 Å². The first-order chi connectivity index (χ1) is 16.3. The van der Waals surface area contributed by atoms with Crippen molar-refractivity contribution < 1.29 is 19.8 Å². The first kappa shape index (κ1) is 24.6. The molecule has 0 saturated carbocycles. The Bertz CT molecular complexity index is 1080. The summed E-state index contributed by atoms with van der Waals surface area (Å²) in [4.78, 5) is 27.5. The zero-order valence-corrected chi connectivity index (χ0v) is 20.7. The average Bonchev–Trinajstić information content (AvgIpc) is 3.44. The number of hydrogen-bond donors (Lipinski definition) is 4. The smallest absolute Gasteiger partial charge is 0.264 e. The summed E-state index contributed by atoms with van der Waals surface area (Å²) >= 11 is 3.46. The number of aliphatic hydroxyl groups excluding tert-OH is 1. The van der Waals surface area contributed by atoms with Crippen molar-refractivity contribution in [3.8, 4) is 0 Å². The third kappa shape index (κ3) is 4.81. The molecule has 2 aromatic rings. The number of nitrogens with one attached hydrogen (secondary N) is 2. The average molecular weight is 528 g/mol. The van der Waals surface area contributed by atoms with Gasteiger partial charge in [-0.25, -0.2) is 0 Å². The van der Waals surface area contributed by atoms with E-state index in [0.717, 1.165) is 29.4 Å². The zero-order valence-electron chi connectivity index (χ0n) is 19.1. The van der Waals surface area contributed by atoms with Gasteiger partial charge in [-0.2, -0.15) is 0 Å². The van der Waals surface area contributed by atoms with Gasteiger partial charge in [0.1, 0.15) is 0 Å². The Hall–Kier alpha value is -2.52. The van der Waals surface area contributed by atoms with Crippen LogP contribution in [0.4, 0.5) is 11.4 Å². The zero-order chi connectivity index (χ0) is 24.3. The van der Waals surface area contributed by atoms with Gasteiger partial charge in [0.15, 0.2) is 5.60 Å². The van der Waals surface area contributed by atoms with Gasteiger partial charge in [0.25, 0.3) is 5.91 Å². The van der Waals surface area contributed by atoms with Gasteiger partial charge in [-0.15, -0.1) is 0 Å². The number of benzene rings is 2. The topological polar surface area (TPSA) is 102 Å². The van der Waals surface area contributed by atoms with E-state index >= 15 is 0 Å². The highest BCUT2D eigenvalue weighted by Gasteiger charge is 2.52. The van der Waals surface area contributed by atoms with Crippen LogP contribution in [0, 0.1) is 5.92 Å². The summed E-state index contributed by atoms with van der Waals surface area (Å²) in [5.41, 5.74) is 1.11. The first-order valence-corrected chi connectivity index (χ1v) is 12.4. The van der Waals surface area contributed by atoms with E-state index in [-0.39, 0.29) is 24.5 Å². The maximum absolute atomic E-state index is 13.5. The van der Waals surface area contributed by atoms with E-state index in [2.05, 4.69) is 26.6 Å². The normalized spacial score (nSPS) is 22.9. The number of anilines is 2. The minimum absolute atomic E-state index is 0.0114. The molecule has 180 valence electrons. The molecule has 8 heteroatoms. The summed E-state index contributed by atoms with van der Waals surface area (Å²) in [6, 6.07) is 12.8. The monoisotopic (exact) mass is 527 g/mol. The van der Waals surface area contributed by atoms with E-state index in [1.807, 2.05) is 36.4 Å². The molecule has 0 aliphatic carbocycles. The van der Waals surface area contributed by atoms with E-state index in [1.54, 1.807) is 30.0 Å². The number of rotatable bonds is 8. The molecule has 34 heavy (non-hydrogen) atoms. The maximum atomic E-state index is 13.5. The number of aliphatic hydroxyl groups is 2. The molecule has 2 heterocycles. The molecule has 7 nitrogen and oxygen atoms in total. The summed E-state index contributed by atoms with van der Waals surface area (Å²) in [6.07, 6.45) is 5.86. The number of nitrogens with zero attached hydrogens (tertiary/aromatic N) is 1. The Labute approximate surface area is 208 Å². The molecule has 0 bridgehead atoms. The van der Waals surface area contributed by atoms with Gasteiger partial charge in [0.2, 0.25) is 5.91 Å². The summed E-state index contributed by atoms with van der Waals surface area (Å²) in [5, 5.41) is 26.8. The number of amides is 2. The molecule has 2 amide bonds. The SMILES string of the molecule is C[C@@H](/C=C/CCO)[C@]1(O)C(=O)N(Cc2ccc(NC(=O)[C@H]3CCCN3)cc2)c2ccc(Br)cc21. The van der Waals surface area contributed by atoms with Crippen molar-refractivity contribution in [2.24, 2.45) is 5.92 Å². The minimum atomic E-state index is -1.70. The van der Waals surface area contributed by atoms with Gasteiger partial charge < -0.3 is 25.7 Å².